The summed E-state index contributed by atoms with van der Waals surface area (Å²) in [5.41, 5.74) is -1.51. The quantitative estimate of drug-likeness (QED) is 0.0153. The molecule has 0 aromatic carbocycles. The minimum atomic E-state index is -1.61. The number of aliphatic hydroxyl groups excluding tert-OH is 12. The van der Waals surface area contributed by atoms with Gasteiger partial charge < -0.3 is 148 Å². The first-order valence-corrected chi connectivity index (χ1v) is 25.6. The van der Waals surface area contributed by atoms with Gasteiger partial charge in [-0.05, 0) is 12.8 Å². The Kier molecular flexibility index (Phi) is 36.2. The maximum Gasteiger partial charge on any atom is 0.305 e. The molecule has 2 amide bonds. The molecule has 14 N–H and O–H groups in total. The Morgan fingerprint density at radius 3 is 1.09 bits per heavy atom. The zero-order chi connectivity index (χ0) is 58.0. The van der Waals surface area contributed by atoms with Crippen molar-refractivity contribution < 1.29 is 151 Å². The highest BCUT2D eigenvalue weighted by Crippen LogP contribution is 2.24. The maximum absolute atomic E-state index is 13.4. The number of aliphatic hydroxyl groups is 12. The van der Waals surface area contributed by atoms with Crippen LogP contribution >= 0.6 is 0 Å². The fourth-order valence-corrected chi connectivity index (χ4v) is 7.51. The van der Waals surface area contributed by atoms with Gasteiger partial charge in [-0.2, -0.15) is 0 Å². The Morgan fingerprint density at radius 1 is 0.418 bits per heavy atom. The molecule has 0 bridgehead atoms. The third-order valence-corrected chi connectivity index (χ3v) is 11.9. The fourth-order valence-electron chi connectivity index (χ4n) is 7.51. The van der Waals surface area contributed by atoms with Crippen LogP contribution in [0.2, 0.25) is 0 Å². The predicted octanol–water partition coefficient (Wildman–Crippen LogP) is -8.84. The Bertz CT molecular complexity index is 1470. The summed E-state index contributed by atoms with van der Waals surface area (Å²) in [5, 5.41) is 124. The van der Waals surface area contributed by atoms with Gasteiger partial charge in [0.1, 0.15) is 99.2 Å². The minimum Gasteiger partial charge on any atom is -0.469 e. The minimum absolute atomic E-state index is 0.00361. The van der Waals surface area contributed by atoms with Crippen molar-refractivity contribution in [3.05, 3.63) is 0 Å². The van der Waals surface area contributed by atoms with Crippen LogP contribution in [0.1, 0.15) is 25.7 Å². The van der Waals surface area contributed by atoms with Crippen LogP contribution in [-0.4, -0.2) is 330 Å². The van der Waals surface area contributed by atoms with E-state index < -0.39 is 142 Å². The molecular weight excluding hydrogens is 1080 g/mol. The number of hydrogen-bond acceptors (Lipinski definition) is 31. The lowest BCUT2D eigenvalue weighted by Gasteiger charge is -2.39. The summed E-state index contributed by atoms with van der Waals surface area (Å²) in [5.74, 6) is -1.56. The molecule has 15 atom stereocenters. The molecule has 0 saturated carbocycles. The van der Waals surface area contributed by atoms with Crippen molar-refractivity contribution in [3.63, 3.8) is 0 Å². The van der Waals surface area contributed by atoms with Crippen molar-refractivity contribution in [2.75, 3.05) is 153 Å². The second-order valence-electron chi connectivity index (χ2n) is 18.1. The maximum atomic E-state index is 13.4. The Labute approximate surface area is 455 Å². The van der Waals surface area contributed by atoms with E-state index in [0.717, 1.165) is 0 Å². The number of methoxy groups -OCH3 is 1. The van der Waals surface area contributed by atoms with E-state index in [1.165, 1.54) is 7.11 Å². The van der Waals surface area contributed by atoms with E-state index in [0.29, 0.717) is 12.8 Å². The van der Waals surface area contributed by atoms with Gasteiger partial charge in [0.2, 0.25) is 11.8 Å². The number of carbonyl (C=O) groups is 3. The van der Waals surface area contributed by atoms with Crippen molar-refractivity contribution in [1.82, 2.24) is 10.6 Å². The number of nitrogens with one attached hydrogen (secondary N) is 2. The predicted molar refractivity (Wildman–Crippen MR) is 256 cm³/mol. The number of rotatable bonds is 44. The summed E-state index contributed by atoms with van der Waals surface area (Å²) in [6.45, 7) is -4.49. The summed E-state index contributed by atoms with van der Waals surface area (Å²) >= 11 is 0. The Hall–Kier alpha value is -2.67. The molecule has 464 valence electrons. The van der Waals surface area contributed by atoms with Gasteiger partial charge in [0.25, 0.3) is 0 Å². The normalized spacial score (nSPS) is 29.4. The SMILES string of the molecule is COC(=O)CCCCC(=O)NCC(=O)NC(COCOCCOCCO[C@@H]1O[C@H](CO)[C@H](O)[C@H](O)[C@H]1O)(COCOCCOCCO[C@@H]1O[C@H](CO)[C@H](O)[C@H](O)[C@H]1O)COCOCCOCCO[C@@H]1O[C@H](CO)[C@H](O)[C@H](O)[C@H]1O. The zero-order valence-electron chi connectivity index (χ0n) is 44.2. The topological polar surface area (TPSA) is 466 Å². The van der Waals surface area contributed by atoms with Gasteiger partial charge in [0.15, 0.2) is 18.9 Å². The molecule has 0 radical (unpaired) electrons. The van der Waals surface area contributed by atoms with E-state index in [2.05, 4.69) is 15.4 Å². The molecule has 33 heteroatoms. The Morgan fingerprint density at radius 2 is 0.747 bits per heavy atom. The van der Waals surface area contributed by atoms with Crippen molar-refractivity contribution in [3.8, 4) is 0 Å². The third kappa shape index (κ3) is 26.2. The van der Waals surface area contributed by atoms with Crippen molar-refractivity contribution in [2.24, 2.45) is 0 Å². The largest absolute Gasteiger partial charge is 0.469 e. The molecule has 33 nitrogen and oxygen atoms in total. The second-order valence-corrected chi connectivity index (χ2v) is 18.1. The number of unbranched alkanes of at least 4 members (excludes halogenated alkanes) is 1. The number of hydrogen-bond donors (Lipinski definition) is 14. The first kappa shape index (κ1) is 70.6. The lowest BCUT2D eigenvalue weighted by molar-refractivity contribution is -0.302. The molecule has 0 aromatic heterocycles. The van der Waals surface area contributed by atoms with Crippen LogP contribution in [0.3, 0.4) is 0 Å². The molecule has 3 saturated heterocycles. The van der Waals surface area contributed by atoms with Gasteiger partial charge in [0.05, 0.1) is 133 Å². The number of carbonyl (C=O) groups excluding carboxylic acids is 3. The fraction of sp³-hybridized carbons (Fsp3) is 0.935. The van der Waals surface area contributed by atoms with Gasteiger partial charge in [-0.1, -0.05) is 0 Å². The summed E-state index contributed by atoms with van der Waals surface area (Å²) in [6, 6.07) is 0. The highest BCUT2D eigenvalue weighted by Gasteiger charge is 2.46. The average molecular weight is 1160 g/mol. The second kappa shape index (κ2) is 40.5. The standard InChI is InChI=1S/C46H84N2O31/c1-64-33(54)5-3-2-4-31(52)47-18-32(53)48-46(22-71-25-68-9-6-65-12-15-74-43-40(61)37(58)34(55)28(19-49)77-43,23-72-26-69-10-7-66-13-16-75-44-41(62)38(59)35(56)29(20-50)78-44)24-73-27-70-11-8-67-14-17-76-45-42(63)39(60)36(57)30(21-51)79-45/h28-30,34-45,49-51,55-63H,2-27H2,1H3,(H,47,52)(H,48,53)/t28-,29-,30-,34+,35+,36+,37+,38+,39+,40-,41-,42-,43-,44-,45-/m1/s1. The van der Waals surface area contributed by atoms with E-state index in [-0.39, 0.29) is 132 Å². The first-order chi connectivity index (χ1) is 38.0. The molecular formula is C46H84N2O31. The molecule has 0 unspecified atom stereocenters. The monoisotopic (exact) mass is 1160 g/mol. The third-order valence-electron chi connectivity index (χ3n) is 11.9. The first-order valence-electron chi connectivity index (χ1n) is 25.6. The molecule has 3 aliphatic heterocycles. The number of amides is 2. The molecule has 3 rings (SSSR count). The van der Waals surface area contributed by atoms with Gasteiger partial charge in [0, 0.05) is 12.8 Å². The van der Waals surface area contributed by atoms with Crippen molar-refractivity contribution in [1.29, 1.82) is 0 Å². The smallest absolute Gasteiger partial charge is 0.305 e. The molecule has 0 aliphatic carbocycles. The lowest BCUT2D eigenvalue weighted by Crippen LogP contribution is -2.60. The van der Waals surface area contributed by atoms with Crippen LogP contribution in [0.25, 0.3) is 0 Å². The van der Waals surface area contributed by atoms with Crippen LogP contribution < -0.4 is 10.6 Å². The highest BCUT2D eigenvalue weighted by atomic mass is 16.7. The molecule has 3 heterocycles. The van der Waals surface area contributed by atoms with Crippen molar-refractivity contribution in [2.45, 2.75) is 123 Å². The summed E-state index contributed by atoms with van der Waals surface area (Å²) < 4.78 is 87.2. The van der Waals surface area contributed by atoms with E-state index in [9.17, 15) is 75.7 Å². The van der Waals surface area contributed by atoms with Gasteiger partial charge in [-0.15, -0.1) is 0 Å². The van der Waals surface area contributed by atoms with Crippen molar-refractivity contribution >= 4 is 17.8 Å². The highest BCUT2D eigenvalue weighted by molar-refractivity contribution is 5.85. The summed E-state index contributed by atoms with van der Waals surface area (Å²) in [7, 11) is 1.26. The lowest BCUT2D eigenvalue weighted by atomic mass is 9.99. The van der Waals surface area contributed by atoms with E-state index >= 15 is 0 Å². The Balaban J connectivity index is 1.53. The van der Waals surface area contributed by atoms with E-state index in [1.54, 1.807) is 0 Å². The number of esters is 1. The summed E-state index contributed by atoms with van der Waals surface area (Å²) in [4.78, 5) is 37.5. The van der Waals surface area contributed by atoms with Gasteiger partial charge in [-0.3, -0.25) is 14.4 Å². The zero-order valence-corrected chi connectivity index (χ0v) is 44.2. The van der Waals surface area contributed by atoms with E-state index in [1.807, 2.05) is 0 Å². The van der Waals surface area contributed by atoms with Crippen LogP contribution in [0.5, 0.6) is 0 Å². The molecule has 0 aromatic rings. The van der Waals surface area contributed by atoms with Crippen LogP contribution in [0.4, 0.5) is 0 Å². The molecule has 0 spiro atoms. The molecule has 3 fully saturated rings. The summed E-state index contributed by atoms with van der Waals surface area (Å²) in [6.07, 6.45) is -20.7. The molecule has 79 heavy (non-hydrogen) atoms. The average Bonchev–Trinajstić information content (AvgIpc) is 3.46. The number of ether oxygens (including phenoxy) is 16. The van der Waals surface area contributed by atoms with Crippen LogP contribution in [0.15, 0.2) is 0 Å². The van der Waals surface area contributed by atoms with Crippen LogP contribution in [-0.2, 0) is 90.2 Å². The van der Waals surface area contributed by atoms with Gasteiger partial charge in [-0.25, -0.2) is 0 Å². The van der Waals surface area contributed by atoms with E-state index in [4.69, 9.17) is 71.1 Å². The molecule has 3 aliphatic rings. The van der Waals surface area contributed by atoms with Gasteiger partial charge >= 0.3 is 5.97 Å². The van der Waals surface area contributed by atoms with Crippen LogP contribution in [0, 0.1) is 0 Å².